The summed E-state index contributed by atoms with van der Waals surface area (Å²) in [5.74, 6) is 1.42. The Balaban J connectivity index is 2.10. The van der Waals surface area contributed by atoms with Crippen molar-refractivity contribution >= 4 is 5.96 Å². The molecule has 0 aliphatic carbocycles. The first kappa shape index (κ1) is 17.5. The van der Waals surface area contributed by atoms with Crippen molar-refractivity contribution in [3.63, 3.8) is 0 Å². The molecule has 0 atom stereocenters. The highest BCUT2D eigenvalue weighted by Gasteiger charge is 2.07. The highest BCUT2D eigenvalue weighted by molar-refractivity contribution is 5.77. The zero-order chi connectivity index (χ0) is 15.5. The lowest BCUT2D eigenvalue weighted by molar-refractivity contribution is 0.392. The molecule has 3 N–H and O–H groups in total. The van der Waals surface area contributed by atoms with Gasteiger partial charge in [0.25, 0.3) is 0 Å². The molecule has 0 amide bonds. The molecule has 0 aliphatic heterocycles. The molecular formula is C16H30N4O. The molecule has 1 aromatic heterocycles. The van der Waals surface area contributed by atoms with Gasteiger partial charge in [-0.2, -0.15) is 0 Å². The number of nitrogens with zero attached hydrogens (tertiary/aromatic N) is 2. The summed E-state index contributed by atoms with van der Waals surface area (Å²) in [6.45, 7) is 7.71. The van der Waals surface area contributed by atoms with Gasteiger partial charge < -0.3 is 15.6 Å². The molecule has 0 radical (unpaired) electrons. The number of aromatic nitrogens is 1. The lowest BCUT2D eigenvalue weighted by atomic mass is 10.1. The SMILES string of the molecule is CCCCCCCCN=C(N)NCCc1c(C)noc1C. The summed E-state index contributed by atoms with van der Waals surface area (Å²) in [6, 6.07) is 0. The van der Waals surface area contributed by atoms with Gasteiger partial charge in [-0.15, -0.1) is 0 Å². The van der Waals surface area contributed by atoms with Gasteiger partial charge in [0, 0.05) is 18.7 Å². The Morgan fingerprint density at radius 2 is 1.90 bits per heavy atom. The minimum absolute atomic E-state index is 0.537. The molecule has 0 fully saturated rings. The van der Waals surface area contributed by atoms with Gasteiger partial charge in [0.1, 0.15) is 5.76 Å². The summed E-state index contributed by atoms with van der Waals surface area (Å²) in [6.07, 6.45) is 8.50. The third-order valence-electron chi connectivity index (χ3n) is 3.66. The third-order valence-corrected chi connectivity index (χ3v) is 3.66. The van der Waals surface area contributed by atoms with Crippen LogP contribution < -0.4 is 11.1 Å². The van der Waals surface area contributed by atoms with Gasteiger partial charge in [-0.05, 0) is 26.7 Å². The Kier molecular flexibility index (Phi) is 8.55. The van der Waals surface area contributed by atoms with Crippen LogP contribution in [0.1, 0.15) is 62.5 Å². The molecule has 5 nitrogen and oxygen atoms in total. The maximum atomic E-state index is 5.85. The molecule has 0 bridgehead atoms. The zero-order valence-electron chi connectivity index (χ0n) is 13.7. The monoisotopic (exact) mass is 294 g/mol. The highest BCUT2D eigenvalue weighted by atomic mass is 16.5. The Labute approximate surface area is 128 Å². The van der Waals surface area contributed by atoms with Crippen LogP contribution >= 0.6 is 0 Å². The van der Waals surface area contributed by atoms with Gasteiger partial charge in [0.05, 0.1) is 5.69 Å². The molecular weight excluding hydrogens is 264 g/mol. The molecule has 1 aromatic rings. The van der Waals surface area contributed by atoms with Crippen LogP contribution in [-0.2, 0) is 6.42 Å². The van der Waals surface area contributed by atoms with E-state index < -0.39 is 0 Å². The minimum Gasteiger partial charge on any atom is -0.370 e. The second-order valence-electron chi connectivity index (χ2n) is 5.51. The average molecular weight is 294 g/mol. The van der Waals surface area contributed by atoms with E-state index in [4.69, 9.17) is 10.3 Å². The maximum Gasteiger partial charge on any atom is 0.188 e. The maximum absolute atomic E-state index is 5.85. The number of aryl methyl sites for hydroxylation is 2. The van der Waals surface area contributed by atoms with Crippen molar-refractivity contribution < 1.29 is 4.52 Å². The zero-order valence-corrected chi connectivity index (χ0v) is 13.7. The van der Waals surface area contributed by atoms with Crippen LogP contribution in [0.4, 0.5) is 0 Å². The van der Waals surface area contributed by atoms with Gasteiger partial charge in [-0.3, -0.25) is 4.99 Å². The highest BCUT2D eigenvalue weighted by Crippen LogP contribution is 2.11. The minimum atomic E-state index is 0.537. The van der Waals surface area contributed by atoms with E-state index in [1.165, 1.54) is 32.1 Å². The summed E-state index contributed by atoms with van der Waals surface area (Å²) in [4.78, 5) is 4.35. The first-order valence-electron chi connectivity index (χ1n) is 8.10. The number of nitrogens with one attached hydrogen (secondary N) is 1. The molecule has 0 aromatic carbocycles. The predicted octanol–water partition coefficient (Wildman–Crippen LogP) is 3.10. The molecule has 0 unspecified atom stereocenters. The molecule has 1 rings (SSSR count). The number of hydrogen-bond acceptors (Lipinski definition) is 3. The summed E-state index contributed by atoms with van der Waals surface area (Å²) in [5.41, 5.74) is 7.97. The topological polar surface area (TPSA) is 76.4 Å². The number of nitrogens with two attached hydrogens (primary N) is 1. The van der Waals surface area contributed by atoms with Crippen LogP contribution in [0.15, 0.2) is 9.52 Å². The normalized spacial score (nSPS) is 11.9. The molecule has 0 spiro atoms. The van der Waals surface area contributed by atoms with Gasteiger partial charge >= 0.3 is 0 Å². The Morgan fingerprint density at radius 1 is 1.19 bits per heavy atom. The van der Waals surface area contributed by atoms with Crippen molar-refractivity contribution in [3.8, 4) is 0 Å². The Morgan fingerprint density at radius 3 is 2.57 bits per heavy atom. The van der Waals surface area contributed by atoms with Crippen molar-refractivity contribution in [1.29, 1.82) is 0 Å². The summed E-state index contributed by atoms with van der Waals surface area (Å²) in [5, 5.41) is 7.09. The van der Waals surface area contributed by atoms with E-state index in [0.29, 0.717) is 5.96 Å². The number of guanidine groups is 1. The standard InChI is InChI=1S/C16H30N4O/c1-4-5-6-7-8-9-11-18-16(17)19-12-10-15-13(2)20-21-14(15)3/h4-12H2,1-3H3,(H3,17,18,19). The molecule has 0 aliphatic rings. The third kappa shape index (κ3) is 7.16. The summed E-state index contributed by atoms with van der Waals surface area (Å²) < 4.78 is 5.13. The van der Waals surface area contributed by atoms with E-state index in [1.54, 1.807) is 0 Å². The van der Waals surface area contributed by atoms with E-state index in [1.807, 2.05) is 13.8 Å². The second kappa shape index (κ2) is 10.2. The molecule has 1 heterocycles. The summed E-state index contributed by atoms with van der Waals surface area (Å²) >= 11 is 0. The van der Waals surface area contributed by atoms with E-state index in [0.717, 1.165) is 42.9 Å². The fourth-order valence-electron chi connectivity index (χ4n) is 2.32. The molecule has 21 heavy (non-hydrogen) atoms. The van der Waals surface area contributed by atoms with E-state index in [2.05, 4.69) is 22.4 Å². The first-order valence-corrected chi connectivity index (χ1v) is 8.10. The predicted molar refractivity (Wildman–Crippen MR) is 87.5 cm³/mol. The van der Waals surface area contributed by atoms with E-state index in [9.17, 15) is 0 Å². The fourth-order valence-corrected chi connectivity index (χ4v) is 2.32. The van der Waals surface area contributed by atoms with Gasteiger partial charge in [0.15, 0.2) is 5.96 Å². The largest absolute Gasteiger partial charge is 0.370 e. The molecule has 0 saturated carbocycles. The Hall–Kier alpha value is -1.52. The van der Waals surface area contributed by atoms with Crippen LogP contribution in [0.3, 0.4) is 0 Å². The van der Waals surface area contributed by atoms with Crippen LogP contribution in [0.25, 0.3) is 0 Å². The van der Waals surface area contributed by atoms with E-state index >= 15 is 0 Å². The van der Waals surface area contributed by atoms with Crippen molar-refractivity contribution in [2.75, 3.05) is 13.1 Å². The number of unbranched alkanes of at least 4 members (excludes halogenated alkanes) is 5. The molecule has 5 heteroatoms. The second-order valence-corrected chi connectivity index (χ2v) is 5.51. The van der Waals surface area contributed by atoms with Gasteiger partial charge in [-0.25, -0.2) is 0 Å². The van der Waals surface area contributed by atoms with Crippen molar-refractivity contribution in [1.82, 2.24) is 10.5 Å². The number of hydrogen-bond donors (Lipinski definition) is 2. The van der Waals surface area contributed by atoms with Gasteiger partial charge in [-0.1, -0.05) is 44.2 Å². The van der Waals surface area contributed by atoms with Crippen LogP contribution in [0, 0.1) is 13.8 Å². The van der Waals surface area contributed by atoms with Gasteiger partial charge in [0.2, 0.25) is 0 Å². The quantitative estimate of drug-likeness (QED) is 0.395. The lowest BCUT2D eigenvalue weighted by Gasteiger charge is -2.05. The smallest absolute Gasteiger partial charge is 0.188 e. The Bertz CT molecular complexity index is 406. The number of aliphatic imine (C=N–C) groups is 1. The number of rotatable bonds is 10. The average Bonchev–Trinajstić information content (AvgIpc) is 2.78. The fraction of sp³-hybridized carbons (Fsp3) is 0.750. The van der Waals surface area contributed by atoms with Crippen LogP contribution in [0.5, 0.6) is 0 Å². The van der Waals surface area contributed by atoms with Crippen molar-refractivity contribution in [2.45, 2.75) is 65.7 Å². The molecule has 0 saturated heterocycles. The van der Waals surface area contributed by atoms with E-state index in [-0.39, 0.29) is 0 Å². The lowest BCUT2D eigenvalue weighted by Crippen LogP contribution is -2.33. The van der Waals surface area contributed by atoms with Crippen LogP contribution in [-0.4, -0.2) is 24.2 Å². The first-order chi connectivity index (χ1) is 10.1. The van der Waals surface area contributed by atoms with Crippen LogP contribution in [0.2, 0.25) is 0 Å². The van der Waals surface area contributed by atoms with Crippen molar-refractivity contribution in [3.05, 3.63) is 17.0 Å². The van der Waals surface area contributed by atoms with Crippen molar-refractivity contribution in [2.24, 2.45) is 10.7 Å². The summed E-state index contributed by atoms with van der Waals surface area (Å²) in [7, 11) is 0. The molecule has 120 valence electrons.